The molecular weight excluding hydrogens is 469 g/mol. The van der Waals surface area contributed by atoms with Gasteiger partial charge in [-0.25, -0.2) is 9.78 Å². The number of carbonyl (C=O) groups is 2. The molecule has 2 bridgehead atoms. The number of hydrogen-bond donors (Lipinski definition) is 3. The number of aromatic nitrogens is 1. The SMILES string of the molecule is O=C(NCC(F)(F)F)C1C=CC2=C(N1)N(C(=O)Nc1ccc(Br)cn1)[C@H]1CCN2C1. The molecule has 0 aromatic carbocycles. The minimum atomic E-state index is -4.50. The summed E-state index contributed by atoms with van der Waals surface area (Å²) in [5.41, 5.74) is 0.725. The van der Waals surface area contributed by atoms with E-state index in [4.69, 9.17) is 0 Å². The van der Waals surface area contributed by atoms with Gasteiger partial charge < -0.3 is 15.5 Å². The molecule has 1 saturated heterocycles. The molecule has 12 heteroatoms. The van der Waals surface area contributed by atoms with Crippen molar-refractivity contribution < 1.29 is 22.8 Å². The largest absolute Gasteiger partial charge is 0.405 e. The maximum atomic E-state index is 13.0. The van der Waals surface area contributed by atoms with E-state index in [1.807, 2.05) is 5.32 Å². The minimum Gasteiger partial charge on any atom is -0.366 e. The molecule has 1 fully saturated rings. The van der Waals surface area contributed by atoms with Gasteiger partial charge in [-0.05, 0) is 40.6 Å². The van der Waals surface area contributed by atoms with E-state index in [0.717, 1.165) is 23.1 Å². The number of nitrogens with one attached hydrogen (secondary N) is 3. The van der Waals surface area contributed by atoms with Gasteiger partial charge in [0.05, 0.1) is 11.7 Å². The molecule has 0 aliphatic carbocycles. The van der Waals surface area contributed by atoms with Crippen LogP contribution in [0.2, 0.25) is 0 Å². The number of hydrogen-bond acceptors (Lipinski definition) is 5. The second kappa shape index (κ2) is 7.82. The van der Waals surface area contributed by atoms with Gasteiger partial charge in [0.1, 0.15) is 24.2 Å². The van der Waals surface area contributed by atoms with Gasteiger partial charge in [0.15, 0.2) is 0 Å². The Hall–Kier alpha value is -2.76. The van der Waals surface area contributed by atoms with Crippen molar-refractivity contribution in [2.45, 2.75) is 24.7 Å². The number of nitrogens with zero attached hydrogens (tertiary/aromatic N) is 3. The number of carbonyl (C=O) groups excluding carboxylic acids is 2. The van der Waals surface area contributed by atoms with Gasteiger partial charge in [-0.3, -0.25) is 15.0 Å². The van der Waals surface area contributed by atoms with Crippen molar-refractivity contribution >= 4 is 33.7 Å². The lowest BCUT2D eigenvalue weighted by molar-refractivity contribution is -0.138. The first-order chi connectivity index (χ1) is 14.2. The summed E-state index contributed by atoms with van der Waals surface area (Å²) < 4.78 is 38.0. The zero-order valence-electron chi connectivity index (χ0n) is 15.5. The van der Waals surface area contributed by atoms with Crippen LogP contribution < -0.4 is 16.0 Å². The van der Waals surface area contributed by atoms with Crippen LogP contribution in [0.1, 0.15) is 6.42 Å². The summed E-state index contributed by atoms with van der Waals surface area (Å²) in [4.78, 5) is 33.0. The first-order valence-electron chi connectivity index (χ1n) is 9.21. The molecular formula is C18H18BrF3N6O2. The second-order valence-corrected chi connectivity index (χ2v) is 8.01. The molecule has 3 aliphatic heterocycles. The topological polar surface area (TPSA) is 89.6 Å². The second-order valence-electron chi connectivity index (χ2n) is 7.10. The van der Waals surface area contributed by atoms with Gasteiger partial charge in [-0.15, -0.1) is 0 Å². The number of fused-ring (bicyclic) bond motifs is 3. The summed E-state index contributed by atoms with van der Waals surface area (Å²) in [6.07, 6.45) is 0.946. The average molecular weight is 487 g/mol. The quantitative estimate of drug-likeness (QED) is 0.608. The van der Waals surface area contributed by atoms with Gasteiger partial charge in [0.25, 0.3) is 0 Å². The van der Waals surface area contributed by atoms with Crippen LogP contribution in [0.4, 0.5) is 23.8 Å². The third-order valence-corrected chi connectivity index (χ3v) is 5.49. The Kier molecular flexibility index (Phi) is 5.35. The summed E-state index contributed by atoms with van der Waals surface area (Å²) in [5, 5.41) is 7.53. The summed E-state index contributed by atoms with van der Waals surface area (Å²) in [7, 11) is 0. The van der Waals surface area contributed by atoms with Gasteiger partial charge in [0, 0.05) is 23.8 Å². The van der Waals surface area contributed by atoms with E-state index in [2.05, 4.69) is 36.4 Å². The molecule has 0 spiro atoms. The van der Waals surface area contributed by atoms with Crippen LogP contribution >= 0.6 is 15.9 Å². The van der Waals surface area contributed by atoms with Gasteiger partial charge in [0.2, 0.25) is 5.91 Å². The third kappa shape index (κ3) is 4.23. The molecule has 3 amide bonds. The zero-order chi connectivity index (χ0) is 21.5. The maximum Gasteiger partial charge on any atom is 0.405 e. The Morgan fingerprint density at radius 1 is 1.33 bits per heavy atom. The van der Waals surface area contributed by atoms with Gasteiger partial charge in [-0.1, -0.05) is 6.08 Å². The van der Waals surface area contributed by atoms with E-state index in [9.17, 15) is 22.8 Å². The van der Waals surface area contributed by atoms with E-state index >= 15 is 0 Å². The Morgan fingerprint density at radius 3 is 2.83 bits per heavy atom. The Morgan fingerprint density at radius 2 is 2.13 bits per heavy atom. The van der Waals surface area contributed by atoms with E-state index < -0.39 is 30.7 Å². The van der Waals surface area contributed by atoms with E-state index in [1.165, 1.54) is 11.0 Å². The van der Waals surface area contributed by atoms with Crippen molar-refractivity contribution in [1.29, 1.82) is 0 Å². The highest BCUT2D eigenvalue weighted by Crippen LogP contribution is 2.33. The molecule has 0 radical (unpaired) electrons. The number of pyridine rings is 1. The fourth-order valence-electron chi connectivity index (χ4n) is 3.67. The summed E-state index contributed by atoms with van der Waals surface area (Å²) >= 11 is 3.28. The number of allylic oxidation sites excluding steroid dienone is 1. The first kappa shape index (κ1) is 20.5. The van der Waals surface area contributed by atoms with Crippen LogP contribution in [-0.4, -0.2) is 64.6 Å². The fourth-order valence-corrected chi connectivity index (χ4v) is 3.91. The smallest absolute Gasteiger partial charge is 0.366 e. The Balaban J connectivity index is 1.52. The number of amides is 3. The van der Waals surface area contributed by atoms with Crippen LogP contribution in [0.5, 0.6) is 0 Å². The molecule has 1 aromatic rings. The van der Waals surface area contributed by atoms with E-state index in [0.29, 0.717) is 18.2 Å². The third-order valence-electron chi connectivity index (χ3n) is 5.02. The molecule has 4 rings (SSSR count). The molecule has 2 atom stereocenters. The molecule has 1 unspecified atom stereocenters. The number of alkyl halides is 3. The fraction of sp³-hybridized carbons (Fsp3) is 0.389. The summed E-state index contributed by atoms with van der Waals surface area (Å²) in [6, 6.07) is 1.80. The normalized spacial score (nSPS) is 22.5. The molecule has 1 aromatic heterocycles. The van der Waals surface area contributed by atoms with E-state index in [1.54, 1.807) is 24.4 Å². The lowest BCUT2D eigenvalue weighted by atomic mass is 10.1. The predicted molar refractivity (Wildman–Crippen MR) is 105 cm³/mol. The van der Waals surface area contributed by atoms with Crippen molar-refractivity contribution in [2.75, 3.05) is 25.0 Å². The number of anilines is 1. The Labute approximate surface area is 178 Å². The maximum absolute atomic E-state index is 13.0. The first-order valence-corrected chi connectivity index (χ1v) is 10.0. The highest BCUT2D eigenvalue weighted by atomic mass is 79.9. The van der Waals surface area contributed by atoms with Crippen molar-refractivity contribution in [3.63, 3.8) is 0 Å². The molecule has 30 heavy (non-hydrogen) atoms. The number of dihydropyridines is 1. The van der Waals surface area contributed by atoms with Gasteiger partial charge >= 0.3 is 12.2 Å². The molecule has 160 valence electrons. The van der Waals surface area contributed by atoms with Crippen LogP contribution in [0.15, 0.2) is 46.5 Å². The van der Waals surface area contributed by atoms with Crippen LogP contribution in [0.3, 0.4) is 0 Å². The predicted octanol–water partition coefficient (Wildman–Crippen LogP) is 2.14. The minimum absolute atomic E-state index is 0.128. The number of rotatable bonds is 3. The lowest BCUT2D eigenvalue weighted by Gasteiger charge is -2.40. The molecule has 0 saturated carbocycles. The monoisotopic (exact) mass is 486 g/mol. The van der Waals surface area contributed by atoms with Crippen molar-refractivity contribution in [3.05, 3.63) is 46.5 Å². The standard InChI is InChI=1S/C18H18BrF3N6O2/c19-10-1-4-14(23-7-10)26-17(30)28-11-5-6-27(8-11)13-3-2-12(25-15(13)28)16(29)24-9-18(20,21)22/h1-4,7,11-12,25H,5-6,8-9H2,(H,24,29)(H,23,26,30)/t11-,12?/m0/s1. The molecule has 4 heterocycles. The number of halogens is 4. The molecule has 8 nitrogen and oxygen atoms in total. The highest BCUT2D eigenvalue weighted by molar-refractivity contribution is 9.10. The molecule has 3 N–H and O–H groups in total. The number of urea groups is 1. The summed E-state index contributed by atoms with van der Waals surface area (Å²) in [6.45, 7) is -0.0459. The summed E-state index contributed by atoms with van der Waals surface area (Å²) in [5.74, 6) is -0.0670. The van der Waals surface area contributed by atoms with E-state index in [-0.39, 0.29) is 6.04 Å². The van der Waals surface area contributed by atoms with Crippen LogP contribution in [0, 0.1) is 0 Å². The Bertz CT molecular complexity index is 917. The lowest BCUT2D eigenvalue weighted by Crippen LogP contribution is -2.56. The van der Waals surface area contributed by atoms with Crippen molar-refractivity contribution in [1.82, 2.24) is 25.4 Å². The van der Waals surface area contributed by atoms with Crippen molar-refractivity contribution in [2.24, 2.45) is 0 Å². The molecule has 3 aliphatic rings. The highest BCUT2D eigenvalue weighted by Gasteiger charge is 2.42. The van der Waals surface area contributed by atoms with Gasteiger partial charge in [-0.2, -0.15) is 13.2 Å². The van der Waals surface area contributed by atoms with Crippen LogP contribution in [0.25, 0.3) is 0 Å². The van der Waals surface area contributed by atoms with Crippen LogP contribution in [-0.2, 0) is 4.79 Å². The van der Waals surface area contributed by atoms with Crippen molar-refractivity contribution in [3.8, 4) is 0 Å². The zero-order valence-corrected chi connectivity index (χ0v) is 17.1. The average Bonchev–Trinajstić information content (AvgIpc) is 3.11.